The van der Waals surface area contributed by atoms with Crippen LogP contribution in [0.25, 0.3) is 10.9 Å². The molecule has 156 valence electrons. The minimum atomic E-state index is -0.268. The number of hydrogen-bond acceptors (Lipinski definition) is 5. The Balaban J connectivity index is 1.37. The fourth-order valence-electron chi connectivity index (χ4n) is 3.16. The van der Waals surface area contributed by atoms with E-state index >= 15 is 0 Å². The van der Waals surface area contributed by atoms with Gasteiger partial charge in [-0.15, -0.1) is 11.8 Å². The van der Waals surface area contributed by atoms with Crippen molar-refractivity contribution in [2.45, 2.75) is 17.6 Å². The minimum Gasteiger partial charge on any atom is -0.267 e. The monoisotopic (exact) mass is 436 g/mol. The number of amides is 1. The number of aromatic nitrogens is 1. The Labute approximate surface area is 190 Å². The summed E-state index contributed by atoms with van der Waals surface area (Å²) < 4.78 is 0. The molecule has 0 saturated carbocycles. The Morgan fingerprint density at radius 3 is 2.47 bits per heavy atom. The highest BCUT2D eigenvalue weighted by Crippen LogP contribution is 2.28. The Kier molecular flexibility index (Phi) is 6.59. The molecular weight excluding hydrogens is 416 g/mol. The number of rotatable bonds is 6. The summed E-state index contributed by atoms with van der Waals surface area (Å²) >= 11 is 1.73. The van der Waals surface area contributed by atoms with Crippen LogP contribution in [0.2, 0.25) is 0 Å². The Morgan fingerprint density at radius 2 is 1.72 bits per heavy atom. The zero-order valence-corrected chi connectivity index (χ0v) is 18.3. The predicted octanol–water partition coefficient (Wildman–Crippen LogP) is 5.55. The summed E-state index contributed by atoms with van der Waals surface area (Å²) in [7, 11) is 0. The minimum absolute atomic E-state index is 0.268. The van der Waals surface area contributed by atoms with Gasteiger partial charge in [0.1, 0.15) is 0 Å². The molecule has 0 spiro atoms. The van der Waals surface area contributed by atoms with Crippen LogP contribution in [0.4, 0.5) is 0 Å². The van der Waals surface area contributed by atoms with Gasteiger partial charge in [-0.25, -0.2) is 5.43 Å². The average Bonchev–Trinajstić information content (AvgIpc) is 2.86. The second-order valence-electron chi connectivity index (χ2n) is 7.14. The molecule has 32 heavy (non-hydrogen) atoms. The van der Waals surface area contributed by atoms with Crippen LogP contribution >= 0.6 is 11.8 Å². The molecule has 0 radical (unpaired) electrons. The lowest BCUT2D eigenvalue weighted by Crippen LogP contribution is -2.19. The number of benzene rings is 3. The summed E-state index contributed by atoms with van der Waals surface area (Å²) in [5, 5.41) is 14.2. The van der Waals surface area contributed by atoms with Crippen molar-refractivity contribution < 1.29 is 4.79 Å². The molecule has 1 amide bonds. The molecule has 4 aromatic rings. The fourth-order valence-corrected chi connectivity index (χ4v) is 4.15. The topological polar surface area (TPSA) is 78.1 Å². The van der Waals surface area contributed by atoms with Gasteiger partial charge in [0, 0.05) is 27.8 Å². The van der Waals surface area contributed by atoms with Gasteiger partial charge in [0.05, 0.1) is 22.9 Å². The maximum Gasteiger partial charge on any atom is 0.271 e. The summed E-state index contributed by atoms with van der Waals surface area (Å²) in [4.78, 5) is 18.1. The van der Waals surface area contributed by atoms with E-state index in [9.17, 15) is 4.79 Å². The van der Waals surface area contributed by atoms with Gasteiger partial charge in [0.15, 0.2) is 0 Å². The number of hydrazone groups is 1. The van der Waals surface area contributed by atoms with Crippen molar-refractivity contribution in [3.05, 3.63) is 107 Å². The zero-order valence-electron chi connectivity index (χ0n) is 17.4. The van der Waals surface area contributed by atoms with Crippen molar-refractivity contribution in [2.24, 2.45) is 5.10 Å². The van der Waals surface area contributed by atoms with Crippen LogP contribution in [-0.4, -0.2) is 16.6 Å². The van der Waals surface area contributed by atoms with Gasteiger partial charge in [-0.05, 0) is 54.4 Å². The molecule has 0 aliphatic heterocycles. The van der Waals surface area contributed by atoms with Crippen molar-refractivity contribution in [3.63, 3.8) is 0 Å². The number of thioether (sulfide) groups is 1. The zero-order chi connectivity index (χ0) is 22.3. The van der Waals surface area contributed by atoms with Crippen molar-refractivity contribution in [1.29, 1.82) is 5.26 Å². The summed E-state index contributed by atoms with van der Waals surface area (Å²) in [6, 6.07) is 26.8. The first kappa shape index (κ1) is 21.3. The molecule has 0 bridgehead atoms. The van der Waals surface area contributed by atoms with Crippen molar-refractivity contribution in [1.82, 2.24) is 10.4 Å². The molecule has 0 aliphatic carbocycles. The SMILES string of the molecule is C/C(=N\NC(=O)c1ccc(CSc2cccc3cccnc23)cc1)c1ccc(C#N)cc1. The highest BCUT2D eigenvalue weighted by atomic mass is 32.2. The average molecular weight is 437 g/mol. The molecule has 0 aliphatic rings. The van der Waals surface area contributed by atoms with Crippen molar-refractivity contribution in [3.8, 4) is 6.07 Å². The molecule has 6 heteroatoms. The maximum absolute atomic E-state index is 12.4. The second-order valence-corrected chi connectivity index (χ2v) is 8.16. The van der Waals surface area contributed by atoms with E-state index in [1.165, 1.54) is 0 Å². The standard InChI is InChI=1S/C26H20N4OS/c1-18(21-11-7-19(16-27)8-12-21)29-30-26(31)23-13-9-20(10-14-23)17-32-24-6-2-4-22-5-3-15-28-25(22)24/h2-15H,17H2,1H3,(H,30,31)/b29-18+. The smallest absolute Gasteiger partial charge is 0.267 e. The number of fused-ring (bicyclic) bond motifs is 1. The largest absolute Gasteiger partial charge is 0.271 e. The third-order valence-corrected chi connectivity index (χ3v) is 6.08. The fraction of sp³-hybridized carbons (Fsp3) is 0.0769. The van der Waals surface area contributed by atoms with E-state index in [-0.39, 0.29) is 5.91 Å². The predicted molar refractivity (Wildman–Crippen MR) is 129 cm³/mol. The lowest BCUT2D eigenvalue weighted by molar-refractivity contribution is 0.0955. The highest BCUT2D eigenvalue weighted by Gasteiger charge is 2.07. The number of para-hydroxylation sites is 1. The van der Waals surface area contributed by atoms with Gasteiger partial charge >= 0.3 is 0 Å². The molecular formula is C26H20N4OS. The van der Waals surface area contributed by atoms with Gasteiger partial charge in [-0.1, -0.05) is 42.5 Å². The van der Waals surface area contributed by atoms with Crippen LogP contribution in [-0.2, 0) is 5.75 Å². The number of nitriles is 1. The molecule has 0 fully saturated rings. The van der Waals surface area contributed by atoms with Gasteiger partial charge in [0.2, 0.25) is 0 Å². The number of carbonyl (C=O) groups is 1. The van der Waals surface area contributed by atoms with E-state index < -0.39 is 0 Å². The van der Waals surface area contributed by atoms with Crippen LogP contribution in [0.5, 0.6) is 0 Å². The first-order chi connectivity index (χ1) is 15.6. The Morgan fingerprint density at radius 1 is 1.00 bits per heavy atom. The van der Waals surface area contributed by atoms with Gasteiger partial charge in [0.25, 0.3) is 5.91 Å². The number of nitrogens with zero attached hydrogens (tertiary/aromatic N) is 3. The van der Waals surface area contributed by atoms with E-state index in [2.05, 4.69) is 39.8 Å². The number of hydrogen-bond donors (Lipinski definition) is 1. The van der Waals surface area contributed by atoms with Gasteiger partial charge < -0.3 is 0 Å². The molecule has 0 atom stereocenters. The quantitative estimate of drug-likeness (QED) is 0.244. The molecule has 1 aromatic heterocycles. The van der Waals surface area contributed by atoms with Crippen molar-refractivity contribution in [2.75, 3.05) is 0 Å². The summed E-state index contributed by atoms with van der Waals surface area (Å²) in [5.74, 6) is 0.517. The van der Waals surface area contributed by atoms with E-state index in [1.54, 1.807) is 36.0 Å². The molecule has 0 unspecified atom stereocenters. The Bertz CT molecular complexity index is 1320. The number of nitrogens with one attached hydrogen (secondary N) is 1. The van der Waals surface area contributed by atoms with Crippen LogP contribution in [0.1, 0.15) is 34.0 Å². The van der Waals surface area contributed by atoms with Gasteiger partial charge in [-0.3, -0.25) is 9.78 Å². The molecule has 4 rings (SSSR count). The highest BCUT2D eigenvalue weighted by molar-refractivity contribution is 7.98. The number of carbonyl (C=O) groups excluding carboxylic acids is 1. The van der Waals surface area contributed by atoms with Crippen LogP contribution in [0.15, 0.2) is 95.1 Å². The number of pyridine rings is 1. The second kappa shape index (κ2) is 9.90. The van der Waals surface area contributed by atoms with E-state index in [0.717, 1.165) is 32.7 Å². The van der Waals surface area contributed by atoms with Crippen LogP contribution < -0.4 is 5.43 Å². The molecule has 5 nitrogen and oxygen atoms in total. The summed E-state index contributed by atoms with van der Waals surface area (Å²) in [5.41, 5.74) is 7.36. The third-order valence-electron chi connectivity index (χ3n) is 4.96. The molecule has 1 N–H and O–H groups in total. The summed E-state index contributed by atoms with van der Waals surface area (Å²) in [6.45, 7) is 1.81. The third kappa shape index (κ3) is 5.02. The maximum atomic E-state index is 12.4. The van der Waals surface area contributed by atoms with Crippen LogP contribution in [0, 0.1) is 11.3 Å². The molecule has 1 heterocycles. The molecule has 3 aromatic carbocycles. The molecule has 0 saturated heterocycles. The first-order valence-corrected chi connectivity index (χ1v) is 11.0. The van der Waals surface area contributed by atoms with Crippen LogP contribution in [0.3, 0.4) is 0 Å². The normalized spacial score (nSPS) is 11.2. The van der Waals surface area contributed by atoms with E-state index in [4.69, 9.17) is 5.26 Å². The van der Waals surface area contributed by atoms with E-state index in [1.807, 2.05) is 49.5 Å². The Hall–Kier alpha value is -3.95. The summed E-state index contributed by atoms with van der Waals surface area (Å²) in [6.07, 6.45) is 1.81. The lowest BCUT2D eigenvalue weighted by Gasteiger charge is -2.07. The van der Waals surface area contributed by atoms with E-state index in [0.29, 0.717) is 16.8 Å². The first-order valence-electron chi connectivity index (χ1n) is 10.0. The lowest BCUT2D eigenvalue weighted by atomic mass is 10.1. The van der Waals surface area contributed by atoms with Crippen molar-refractivity contribution >= 4 is 34.3 Å². The van der Waals surface area contributed by atoms with Gasteiger partial charge in [-0.2, -0.15) is 10.4 Å².